The van der Waals surface area contributed by atoms with Gasteiger partial charge in [0.15, 0.2) is 0 Å². The third-order valence-electron chi connectivity index (χ3n) is 3.96. The van der Waals surface area contributed by atoms with E-state index in [-0.39, 0.29) is 24.2 Å². The summed E-state index contributed by atoms with van der Waals surface area (Å²) < 4.78 is 16.0. The predicted octanol–water partition coefficient (Wildman–Crippen LogP) is 4.50. The molecule has 3 rings (SSSR count). The summed E-state index contributed by atoms with van der Waals surface area (Å²) in [7, 11) is 3.10. The molecule has 8 nitrogen and oxygen atoms in total. The average Bonchev–Trinajstić information content (AvgIpc) is 3.23. The Kier molecular flexibility index (Phi) is 8.59. The van der Waals surface area contributed by atoms with Crippen LogP contribution in [0.25, 0.3) is 10.4 Å². The second-order valence-electron chi connectivity index (χ2n) is 6.18. The van der Waals surface area contributed by atoms with E-state index in [1.54, 1.807) is 34.6 Å². The Balaban J connectivity index is 1.50. The maximum absolute atomic E-state index is 12.1. The normalized spacial score (nSPS) is 10.4. The van der Waals surface area contributed by atoms with Gasteiger partial charge in [0.05, 0.1) is 12.8 Å². The fourth-order valence-corrected chi connectivity index (χ4v) is 4.91. The summed E-state index contributed by atoms with van der Waals surface area (Å²) in [5.74, 6) is 3.12. The van der Waals surface area contributed by atoms with E-state index in [4.69, 9.17) is 32.3 Å². The Morgan fingerprint density at radius 2 is 1.59 bits per heavy atom. The molecule has 2 aromatic carbocycles. The molecule has 0 aliphatic heterocycles. The van der Waals surface area contributed by atoms with Crippen LogP contribution in [0, 0.1) is 3.82 Å². The number of hydrogen-bond donors (Lipinski definition) is 1. The van der Waals surface area contributed by atoms with Gasteiger partial charge >= 0.3 is 17.9 Å². The van der Waals surface area contributed by atoms with E-state index in [9.17, 15) is 14.4 Å². The number of ether oxygens (including phenoxy) is 3. The van der Waals surface area contributed by atoms with Crippen molar-refractivity contribution in [2.24, 2.45) is 5.90 Å². The van der Waals surface area contributed by atoms with Crippen LogP contribution < -0.4 is 15.4 Å². The van der Waals surface area contributed by atoms with E-state index < -0.39 is 24.7 Å². The lowest BCUT2D eigenvalue weighted by atomic mass is 10.2. The van der Waals surface area contributed by atoms with Crippen molar-refractivity contribution in [3.05, 3.63) is 64.0 Å². The van der Waals surface area contributed by atoms with Gasteiger partial charge < -0.3 is 14.2 Å². The maximum Gasteiger partial charge on any atom is 0.344 e. The van der Waals surface area contributed by atoms with Gasteiger partial charge in [0, 0.05) is 4.88 Å². The monoisotopic (exact) mass is 491 g/mol. The number of para-hydroxylation sites is 1. The van der Waals surface area contributed by atoms with Crippen LogP contribution in [0.15, 0.2) is 54.6 Å². The minimum absolute atomic E-state index is 0.000194. The Morgan fingerprint density at radius 1 is 0.906 bits per heavy atom. The lowest BCUT2D eigenvalue weighted by Gasteiger charge is -2.09. The standard InChI is InChI=1S/C21H17NO7S3/c22-27-12-26-21(25)15-3-1-2-4-16(15)29-19(24)10-9-18(23)28-14-7-5-13(6-8-14)17-11-20(30)32-31-17/h1-8,11H,9-10,12,22H2. The van der Waals surface area contributed by atoms with E-state index in [2.05, 4.69) is 4.84 Å². The number of esters is 3. The number of carbonyl (C=O) groups is 3. The SMILES string of the molecule is NOCOC(=O)c1ccccc1OC(=O)CCC(=O)Oc1ccc(-c2cc(=S)ss2)cc1. The van der Waals surface area contributed by atoms with Gasteiger partial charge in [-0.3, -0.25) is 14.4 Å². The Morgan fingerprint density at radius 3 is 2.25 bits per heavy atom. The van der Waals surface area contributed by atoms with Crippen LogP contribution in [0.2, 0.25) is 0 Å². The first kappa shape index (κ1) is 23.7. The zero-order valence-corrected chi connectivity index (χ0v) is 18.9. The highest BCUT2D eigenvalue weighted by molar-refractivity contribution is 7.80. The van der Waals surface area contributed by atoms with Gasteiger partial charge in [-0.15, -0.1) is 0 Å². The summed E-state index contributed by atoms with van der Waals surface area (Å²) in [6.07, 6.45) is -0.426. The first-order valence-corrected chi connectivity index (χ1v) is 11.7. The zero-order chi connectivity index (χ0) is 22.9. The van der Waals surface area contributed by atoms with Crippen LogP contribution in [0.5, 0.6) is 11.5 Å². The average molecular weight is 492 g/mol. The third kappa shape index (κ3) is 6.77. The maximum atomic E-state index is 12.1. The quantitative estimate of drug-likeness (QED) is 0.115. The second kappa shape index (κ2) is 11.6. The Labute approximate surface area is 195 Å². The minimum Gasteiger partial charge on any atom is -0.433 e. The van der Waals surface area contributed by atoms with Gasteiger partial charge in [-0.2, -0.15) is 0 Å². The van der Waals surface area contributed by atoms with Gasteiger partial charge in [-0.1, -0.05) is 45.0 Å². The highest BCUT2D eigenvalue weighted by Crippen LogP contribution is 2.30. The molecule has 0 saturated carbocycles. The highest BCUT2D eigenvalue weighted by atomic mass is 32.9. The summed E-state index contributed by atoms with van der Waals surface area (Å²) in [6.45, 7) is -0.448. The Bertz CT molecular complexity index is 1150. The molecule has 1 heterocycles. The molecule has 166 valence electrons. The summed E-state index contributed by atoms with van der Waals surface area (Å²) >= 11 is 5.13. The number of rotatable bonds is 9. The molecule has 11 heteroatoms. The third-order valence-corrected chi connectivity index (χ3v) is 6.87. The molecular weight excluding hydrogens is 474 g/mol. The largest absolute Gasteiger partial charge is 0.433 e. The van der Waals surface area contributed by atoms with Crippen LogP contribution in [0.3, 0.4) is 0 Å². The minimum atomic E-state index is -0.770. The van der Waals surface area contributed by atoms with Gasteiger partial charge in [-0.25, -0.2) is 10.7 Å². The van der Waals surface area contributed by atoms with E-state index in [1.807, 2.05) is 18.2 Å². The van der Waals surface area contributed by atoms with Crippen molar-refractivity contribution in [1.82, 2.24) is 0 Å². The molecule has 0 fully saturated rings. The zero-order valence-electron chi connectivity index (χ0n) is 16.5. The molecule has 0 unspecified atom stereocenters. The molecule has 0 aliphatic rings. The predicted molar refractivity (Wildman–Crippen MR) is 121 cm³/mol. The summed E-state index contributed by atoms with van der Waals surface area (Å²) in [4.78, 5) is 41.4. The van der Waals surface area contributed by atoms with E-state index >= 15 is 0 Å². The molecule has 0 bridgehead atoms. The summed E-state index contributed by atoms with van der Waals surface area (Å²) in [6, 6.07) is 14.9. The van der Waals surface area contributed by atoms with E-state index in [1.165, 1.54) is 22.5 Å². The van der Waals surface area contributed by atoms with Crippen molar-refractivity contribution in [2.75, 3.05) is 6.79 Å². The van der Waals surface area contributed by atoms with Crippen LogP contribution >= 0.6 is 32.9 Å². The number of nitrogens with two attached hydrogens (primary N) is 1. The molecule has 0 saturated heterocycles. The first-order valence-electron chi connectivity index (χ1n) is 9.16. The van der Waals surface area contributed by atoms with Crippen molar-refractivity contribution in [1.29, 1.82) is 0 Å². The first-order chi connectivity index (χ1) is 15.5. The highest BCUT2D eigenvalue weighted by Gasteiger charge is 2.17. The van der Waals surface area contributed by atoms with Crippen LogP contribution in [0.4, 0.5) is 0 Å². The summed E-state index contributed by atoms with van der Waals surface area (Å²) in [5.41, 5.74) is 0.996. The fourth-order valence-electron chi connectivity index (χ4n) is 2.51. The molecule has 32 heavy (non-hydrogen) atoms. The molecule has 0 spiro atoms. The van der Waals surface area contributed by atoms with Gasteiger partial charge in [0.1, 0.15) is 20.9 Å². The molecule has 2 N–H and O–H groups in total. The fraction of sp³-hybridized carbons (Fsp3) is 0.143. The van der Waals surface area contributed by atoms with Gasteiger partial charge in [0.25, 0.3) is 0 Å². The molecule has 3 aromatic rings. The van der Waals surface area contributed by atoms with Crippen molar-refractivity contribution in [3.63, 3.8) is 0 Å². The lowest BCUT2D eigenvalue weighted by Crippen LogP contribution is -2.16. The number of hydrogen-bond acceptors (Lipinski definition) is 11. The van der Waals surface area contributed by atoms with Crippen LogP contribution in [-0.4, -0.2) is 24.7 Å². The lowest BCUT2D eigenvalue weighted by molar-refractivity contribution is -0.140. The molecule has 1 aromatic heterocycles. The topological polar surface area (TPSA) is 114 Å². The van der Waals surface area contributed by atoms with Crippen molar-refractivity contribution < 1.29 is 33.4 Å². The molecule has 0 atom stereocenters. The number of benzene rings is 2. The van der Waals surface area contributed by atoms with Crippen molar-refractivity contribution in [3.8, 4) is 21.9 Å². The molecular formula is C21H17NO7S3. The van der Waals surface area contributed by atoms with E-state index in [0.29, 0.717) is 5.75 Å². The van der Waals surface area contributed by atoms with Crippen molar-refractivity contribution in [2.45, 2.75) is 12.8 Å². The molecule has 0 amide bonds. The Hall–Kier alpha value is -2.96. The van der Waals surface area contributed by atoms with Gasteiger partial charge in [0.2, 0.25) is 6.79 Å². The smallest absolute Gasteiger partial charge is 0.344 e. The van der Waals surface area contributed by atoms with Gasteiger partial charge in [-0.05, 0) is 48.0 Å². The second-order valence-corrected chi connectivity index (χ2v) is 9.09. The van der Waals surface area contributed by atoms with Crippen LogP contribution in [-0.2, 0) is 19.2 Å². The summed E-state index contributed by atoms with van der Waals surface area (Å²) in [5, 5.41) is 0. The van der Waals surface area contributed by atoms with Crippen molar-refractivity contribution >= 4 is 50.8 Å². The number of carbonyl (C=O) groups excluding carboxylic acids is 3. The van der Waals surface area contributed by atoms with Crippen LogP contribution in [0.1, 0.15) is 23.2 Å². The molecule has 0 aliphatic carbocycles. The van der Waals surface area contributed by atoms with E-state index in [0.717, 1.165) is 14.3 Å². The molecule has 0 radical (unpaired) electrons.